The molecule has 0 saturated carbocycles. The number of nitrogens with zero attached hydrogens (tertiary/aromatic N) is 2. The van der Waals surface area contributed by atoms with E-state index in [1.807, 2.05) is 0 Å². The van der Waals surface area contributed by atoms with Crippen LogP contribution in [0, 0.1) is 0 Å². The van der Waals surface area contributed by atoms with Crippen LogP contribution >= 0.6 is 0 Å². The number of benzene rings is 12. The van der Waals surface area contributed by atoms with Crippen LogP contribution < -0.4 is 4.90 Å². The zero-order valence-corrected chi connectivity index (χ0v) is 41.5. The van der Waals surface area contributed by atoms with Crippen LogP contribution in [0.2, 0.25) is 0 Å². The van der Waals surface area contributed by atoms with Crippen LogP contribution in [0.4, 0.5) is 17.1 Å². The summed E-state index contributed by atoms with van der Waals surface area (Å²) in [5, 5.41) is 2.48. The summed E-state index contributed by atoms with van der Waals surface area (Å²) in [5.74, 6) is 0. The van der Waals surface area contributed by atoms with Gasteiger partial charge in [-0.15, -0.1) is 0 Å². The predicted molar refractivity (Wildman–Crippen MR) is 313 cm³/mol. The molecule has 0 amide bonds. The van der Waals surface area contributed by atoms with Gasteiger partial charge in [-0.25, -0.2) is 0 Å². The summed E-state index contributed by atoms with van der Waals surface area (Å²) in [7, 11) is 0. The second-order valence-electron chi connectivity index (χ2n) is 21.0. The number of fused-ring (bicyclic) bond motifs is 23. The quantitative estimate of drug-likeness (QED) is 0.167. The van der Waals surface area contributed by atoms with E-state index in [4.69, 9.17) is 0 Å². The van der Waals surface area contributed by atoms with Crippen molar-refractivity contribution in [2.45, 2.75) is 10.8 Å². The molecule has 1 aromatic heterocycles. The molecule has 0 saturated heterocycles. The van der Waals surface area contributed by atoms with Gasteiger partial charge in [-0.1, -0.05) is 212 Å². The van der Waals surface area contributed by atoms with Crippen molar-refractivity contribution >= 4 is 38.9 Å². The van der Waals surface area contributed by atoms with Gasteiger partial charge in [0.15, 0.2) is 0 Å². The first-order chi connectivity index (χ1) is 37.7. The van der Waals surface area contributed by atoms with Crippen molar-refractivity contribution in [1.82, 2.24) is 4.57 Å². The fraction of sp³-hybridized carbons (Fsp3) is 0.0270. The molecule has 1 heterocycles. The fourth-order valence-corrected chi connectivity index (χ4v) is 14.7. The summed E-state index contributed by atoms with van der Waals surface area (Å²) >= 11 is 0. The van der Waals surface area contributed by atoms with Gasteiger partial charge >= 0.3 is 0 Å². The highest BCUT2D eigenvalue weighted by atomic mass is 15.1. The van der Waals surface area contributed by atoms with Crippen molar-refractivity contribution in [3.63, 3.8) is 0 Å². The van der Waals surface area contributed by atoms with Crippen molar-refractivity contribution in [3.8, 4) is 61.3 Å². The average molecular weight is 963 g/mol. The molecule has 4 aliphatic carbocycles. The Balaban J connectivity index is 0.786. The summed E-state index contributed by atoms with van der Waals surface area (Å²) in [6, 6.07) is 105. The van der Waals surface area contributed by atoms with Crippen LogP contribution in [-0.4, -0.2) is 4.57 Å². The van der Waals surface area contributed by atoms with E-state index in [9.17, 15) is 0 Å². The van der Waals surface area contributed by atoms with Gasteiger partial charge in [0.25, 0.3) is 0 Å². The monoisotopic (exact) mass is 962 g/mol. The van der Waals surface area contributed by atoms with E-state index < -0.39 is 10.8 Å². The third-order valence-corrected chi connectivity index (χ3v) is 17.6. The summed E-state index contributed by atoms with van der Waals surface area (Å²) in [6.45, 7) is 0. The van der Waals surface area contributed by atoms with E-state index in [-0.39, 0.29) is 0 Å². The molecule has 0 unspecified atom stereocenters. The number of rotatable bonds is 5. The van der Waals surface area contributed by atoms with Gasteiger partial charge in [0.1, 0.15) is 0 Å². The van der Waals surface area contributed by atoms with E-state index in [0.717, 1.165) is 17.1 Å². The maximum Gasteiger partial charge on any atom is 0.0726 e. The van der Waals surface area contributed by atoms with E-state index in [1.54, 1.807) is 0 Å². The number of aromatic nitrogens is 1. The Labute approximate surface area is 441 Å². The standard InChI is InChI=1S/C74H46N2/c1-2-18-49(19-3-1)75(51-39-41-59-57-24-8-15-31-67(57)73(69(59)45-51)63-27-11-4-20-53(63)54-21-5-12-28-64(54)73)50-37-34-47(35-38-50)48-36-43-72-62(44-48)61-26-10-17-33-71(61)76(72)52-40-42-60-58-25-9-16-32-68(58)74(70(60)46-52)65-29-13-6-22-55(65)56-23-7-14-30-66(56)74/h1-46H. The minimum atomic E-state index is -0.425. The predicted octanol–water partition coefficient (Wildman–Crippen LogP) is 18.6. The van der Waals surface area contributed by atoms with Gasteiger partial charge in [0.2, 0.25) is 0 Å². The lowest BCUT2D eigenvalue weighted by molar-refractivity contribution is 0.792. The number of para-hydroxylation sites is 2. The summed E-state index contributed by atoms with van der Waals surface area (Å²) in [5.41, 5.74) is 29.7. The molecule has 352 valence electrons. The number of anilines is 3. The molecular formula is C74H46N2. The Hall–Kier alpha value is -9.76. The van der Waals surface area contributed by atoms with Crippen molar-refractivity contribution in [3.05, 3.63) is 324 Å². The first-order valence-electron chi connectivity index (χ1n) is 26.6. The minimum Gasteiger partial charge on any atom is -0.310 e. The second kappa shape index (κ2) is 15.4. The Kier molecular flexibility index (Phi) is 8.44. The van der Waals surface area contributed by atoms with Gasteiger partial charge in [0, 0.05) is 33.5 Å². The topological polar surface area (TPSA) is 8.17 Å². The normalized spacial score (nSPS) is 14.0. The maximum atomic E-state index is 2.50. The van der Waals surface area contributed by atoms with Crippen LogP contribution in [0.25, 0.3) is 83.1 Å². The third-order valence-electron chi connectivity index (χ3n) is 17.6. The van der Waals surface area contributed by atoms with Crippen LogP contribution in [0.1, 0.15) is 44.5 Å². The van der Waals surface area contributed by atoms with Gasteiger partial charge in [0.05, 0.1) is 21.9 Å². The molecule has 0 aliphatic heterocycles. The van der Waals surface area contributed by atoms with Crippen LogP contribution in [0.5, 0.6) is 0 Å². The van der Waals surface area contributed by atoms with Gasteiger partial charge < -0.3 is 9.47 Å². The lowest BCUT2D eigenvalue weighted by atomic mass is 9.70. The Bertz CT molecular complexity index is 4470. The Morgan fingerprint density at radius 1 is 0.237 bits per heavy atom. The first kappa shape index (κ1) is 41.7. The van der Waals surface area contributed by atoms with Gasteiger partial charge in [-0.3, -0.25) is 0 Å². The number of hydrogen-bond acceptors (Lipinski definition) is 1. The Morgan fingerprint density at radius 3 is 1.14 bits per heavy atom. The average Bonchev–Trinajstić information content (AvgIpc) is 4.35. The van der Waals surface area contributed by atoms with E-state index >= 15 is 0 Å². The van der Waals surface area contributed by atoms with E-state index in [2.05, 4.69) is 289 Å². The smallest absolute Gasteiger partial charge is 0.0726 e. The van der Waals surface area contributed by atoms with Gasteiger partial charge in [-0.05, 0) is 167 Å². The molecule has 2 spiro atoms. The van der Waals surface area contributed by atoms with Crippen molar-refractivity contribution in [2.75, 3.05) is 4.90 Å². The Morgan fingerprint density at radius 2 is 0.618 bits per heavy atom. The lowest BCUT2D eigenvalue weighted by Crippen LogP contribution is -2.26. The van der Waals surface area contributed by atoms with E-state index in [0.29, 0.717) is 0 Å². The van der Waals surface area contributed by atoms with Crippen molar-refractivity contribution in [2.24, 2.45) is 0 Å². The molecule has 12 aromatic carbocycles. The molecule has 0 bridgehead atoms. The molecule has 17 rings (SSSR count). The highest BCUT2D eigenvalue weighted by Gasteiger charge is 2.53. The molecule has 13 aromatic rings. The summed E-state index contributed by atoms with van der Waals surface area (Å²) in [6.07, 6.45) is 0. The molecule has 0 radical (unpaired) electrons. The highest BCUT2D eigenvalue weighted by Crippen LogP contribution is 2.65. The summed E-state index contributed by atoms with van der Waals surface area (Å²) < 4.78 is 2.49. The molecule has 0 atom stereocenters. The SMILES string of the molecule is c1ccc(N(c2ccc(-c3ccc4c(c3)c3ccccc3n4-c3ccc4c(c3)C3(c5ccccc5-c5ccccc53)c3ccccc3-4)cc2)c2ccc3c(c2)C2(c4ccccc4-c4ccccc42)c2ccccc2-3)cc1. The van der Waals surface area contributed by atoms with Crippen LogP contribution in [-0.2, 0) is 10.8 Å². The molecular weight excluding hydrogens is 917 g/mol. The lowest BCUT2D eigenvalue weighted by Gasteiger charge is -2.32. The van der Waals surface area contributed by atoms with Crippen LogP contribution in [0.15, 0.2) is 279 Å². The largest absolute Gasteiger partial charge is 0.310 e. The summed E-state index contributed by atoms with van der Waals surface area (Å²) in [4.78, 5) is 2.42. The molecule has 2 heteroatoms. The maximum absolute atomic E-state index is 2.50. The van der Waals surface area contributed by atoms with E-state index in [1.165, 1.54) is 128 Å². The second-order valence-corrected chi connectivity index (χ2v) is 21.0. The third kappa shape index (κ3) is 5.30. The molecule has 76 heavy (non-hydrogen) atoms. The molecule has 0 fully saturated rings. The van der Waals surface area contributed by atoms with Crippen molar-refractivity contribution < 1.29 is 0 Å². The highest BCUT2D eigenvalue weighted by molar-refractivity contribution is 6.11. The number of hydrogen-bond donors (Lipinski definition) is 0. The minimum absolute atomic E-state index is 0.410. The fourth-order valence-electron chi connectivity index (χ4n) is 14.7. The zero-order valence-electron chi connectivity index (χ0n) is 41.5. The van der Waals surface area contributed by atoms with Crippen molar-refractivity contribution in [1.29, 1.82) is 0 Å². The molecule has 0 N–H and O–H groups in total. The zero-order chi connectivity index (χ0) is 49.7. The molecule has 2 nitrogen and oxygen atoms in total. The first-order valence-corrected chi connectivity index (χ1v) is 26.6. The van der Waals surface area contributed by atoms with Crippen LogP contribution in [0.3, 0.4) is 0 Å². The van der Waals surface area contributed by atoms with Gasteiger partial charge in [-0.2, -0.15) is 0 Å². The molecule has 4 aliphatic rings.